The van der Waals surface area contributed by atoms with Crippen LogP contribution in [0.25, 0.3) is 0 Å². The second-order valence-corrected chi connectivity index (χ2v) is 4.46. The van der Waals surface area contributed by atoms with Gasteiger partial charge in [0.15, 0.2) is 0 Å². The molecule has 0 N–H and O–H groups in total. The van der Waals surface area contributed by atoms with Crippen LogP contribution in [0.1, 0.15) is 47.1 Å². The molecule has 0 heteroatoms. The summed E-state index contributed by atoms with van der Waals surface area (Å²) in [7, 11) is 0. The number of fused-ring (bicyclic) bond motifs is 1. The molecule has 0 fully saturated rings. The Morgan fingerprint density at radius 2 is 1.85 bits per heavy atom. The fourth-order valence-corrected chi connectivity index (χ4v) is 2.60. The molecule has 0 amide bonds. The molecular weight excluding hydrogens is 156 g/mol. The first-order valence-corrected chi connectivity index (χ1v) is 5.21. The van der Waals surface area contributed by atoms with Crippen molar-refractivity contribution in [3.05, 3.63) is 33.9 Å². The van der Waals surface area contributed by atoms with Crippen molar-refractivity contribution in [1.29, 1.82) is 0 Å². The fraction of sp³-hybridized carbons (Fsp3) is 0.538. The minimum absolute atomic E-state index is 0.786. The van der Waals surface area contributed by atoms with E-state index in [1.807, 2.05) is 0 Å². The molecule has 0 nitrogen and oxygen atoms in total. The van der Waals surface area contributed by atoms with Gasteiger partial charge in [0.05, 0.1) is 0 Å². The number of hydrogen-bond donors (Lipinski definition) is 0. The smallest absolute Gasteiger partial charge is 0.0182 e. The molecule has 1 aliphatic carbocycles. The van der Waals surface area contributed by atoms with Crippen LogP contribution in [-0.2, 0) is 6.42 Å². The summed E-state index contributed by atoms with van der Waals surface area (Å²) in [5.41, 5.74) is 7.74. The van der Waals surface area contributed by atoms with Crippen LogP contribution in [0.3, 0.4) is 0 Å². The third-order valence-electron chi connectivity index (χ3n) is 3.63. The Morgan fingerprint density at radius 1 is 1.15 bits per heavy atom. The van der Waals surface area contributed by atoms with E-state index in [0.717, 1.165) is 5.92 Å². The van der Waals surface area contributed by atoms with Gasteiger partial charge in [0.2, 0.25) is 0 Å². The van der Waals surface area contributed by atoms with Gasteiger partial charge in [0, 0.05) is 0 Å². The van der Waals surface area contributed by atoms with Gasteiger partial charge in [-0.15, -0.1) is 0 Å². The third-order valence-corrected chi connectivity index (χ3v) is 3.63. The molecule has 0 saturated heterocycles. The van der Waals surface area contributed by atoms with Crippen molar-refractivity contribution >= 4 is 0 Å². The number of benzene rings is 1. The van der Waals surface area contributed by atoms with E-state index in [-0.39, 0.29) is 0 Å². The average molecular weight is 174 g/mol. The Balaban J connectivity index is 2.68. The standard InChI is InChI=1S/C13H18/c1-8-5-6-12-7-9(2)10(3)11(4)13(8)12/h7-8H,5-6H2,1-4H3. The summed E-state index contributed by atoms with van der Waals surface area (Å²) in [4.78, 5) is 0. The monoisotopic (exact) mass is 174 g/mol. The first-order chi connectivity index (χ1) is 6.11. The molecule has 0 heterocycles. The first kappa shape index (κ1) is 8.80. The Morgan fingerprint density at radius 3 is 2.54 bits per heavy atom. The Labute approximate surface area is 81.0 Å². The van der Waals surface area contributed by atoms with Gasteiger partial charge in [-0.3, -0.25) is 0 Å². The van der Waals surface area contributed by atoms with Gasteiger partial charge >= 0.3 is 0 Å². The highest BCUT2D eigenvalue weighted by Crippen LogP contribution is 2.37. The Kier molecular flexibility index (Phi) is 1.94. The predicted octanol–water partition coefficient (Wildman–Crippen LogP) is 3.66. The summed E-state index contributed by atoms with van der Waals surface area (Å²) in [5, 5.41) is 0. The van der Waals surface area contributed by atoms with Gasteiger partial charge < -0.3 is 0 Å². The summed E-state index contributed by atoms with van der Waals surface area (Å²) < 4.78 is 0. The van der Waals surface area contributed by atoms with Crippen molar-refractivity contribution in [1.82, 2.24) is 0 Å². The van der Waals surface area contributed by atoms with Crippen LogP contribution in [-0.4, -0.2) is 0 Å². The lowest BCUT2D eigenvalue weighted by Gasteiger charge is -2.13. The lowest BCUT2D eigenvalue weighted by atomic mass is 9.92. The Bertz CT molecular complexity index is 348. The molecule has 1 atom stereocenters. The van der Waals surface area contributed by atoms with Crippen LogP contribution < -0.4 is 0 Å². The molecule has 2 rings (SSSR count). The maximum absolute atomic E-state index is 2.39. The topological polar surface area (TPSA) is 0 Å². The first-order valence-electron chi connectivity index (χ1n) is 5.21. The number of rotatable bonds is 0. The van der Waals surface area contributed by atoms with Gasteiger partial charge in [-0.05, 0) is 67.3 Å². The molecule has 0 saturated carbocycles. The molecule has 13 heavy (non-hydrogen) atoms. The molecule has 1 aromatic rings. The third kappa shape index (κ3) is 1.20. The minimum Gasteiger partial charge on any atom is -0.0584 e. The predicted molar refractivity (Wildman–Crippen MR) is 57.4 cm³/mol. The Hall–Kier alpha value is -0.780. The van der Waals surface area contributed by atoms with Crippen LogP contribution >= 0.6 is 0 Å². The van der Waals surface area contributed by atoms with Gasteiger partial charge in [-0.1, -0.05) is 13.0 Å². The van der Waals surface area contributed by atoms with Crippen molar-refractivity contribution in [3.8, 4) is 0 Å². The summed E-state index contributed by atoms with van der Waals surface area (Å²) in [6.07, 6.45) is 2.64. The van der Waals surface area contributed by atoms with E-state index in [4.69, 9.17) is 0 Å². The van der Waals surface area contributed by atoms with Crippen LogP contribution in [0.5, 0.6) is 0 Å². The lowest BCUT2D eigenvalue weighted by Crippen LogP contribution is -1.96. The summed E-state index contributed by atoms with van der Waals surface area (Å²) >= 11 is 0. The van der Waals surface area contributed by atoms with Crippen LogP contribution in [0, 0.1) is 20.8 Å². The van der Waals surface area contributed by atoms with Crippen molar-refractivity contribution in [2.24, 2.45) is 0 Å². The normalized spacial score (nSPS) is 20.5. The highest BCUT2D eigenvalue weighted by atomic mass is 14.3. The highest BCUT2D eigenvalue weighted by molar-refractivity contribution is 5.48. The van der Waals surface area contributed by atoms with E-state index in [2.05, 4.69) is 33.8 Å². The largest absolute Gasteiger partial charge is 0.0584 e. The van der Waals surface area contributed by atoms with E-state index in [1.165, 1.54) is 24.0 Å². The van der Waals surface area contributed by atoms with E-state index >= 15 is 0 Å². The summed E-state index contributed by atoms with van der Waals surface area (Å²) in [5.74, 6) is 0.786. The molecule has 0 spiro atoms. The van der Waals surface area contributed by atoms with Crippen molar-refractivity contribution in [2.75, 3.05) is 0 Å². The maximum Gasteiger partial charge on any atom is -0.0182 e. The summed E-state index contributed by atoms with van der Waals surface area (Å²) in [6.45, 7) is 9.11. The van der Waals surface area contributed by atoms with Crippen LogP contribution in [0.4, 0.5) is 0 Å². The van der Waals surface area contributed by atoms with Crippen molar-refractivity contribution < 1.29 is 0 Å². The van der Waals surface area contributed by atoms with Crippen LogP contribution in [0.15, 0.2) is 6.07 Å². The molecule has 0 aromatic heterocycles. The zero-order chi connectivity index (χ0) is 9.59. The van der Waals surface area contributed by atoms with E-state index < -0.39 is 0 Å². The number of aryl methyl sites for hydroxylation is 2. The van der Waals surface area contributed by atoms with Gasteiger partial charge in [0.1, 0.15) is 0 Å². The molecule has 0 aliphatic heterocycles. The molecule has 1 unspecified atom stereocenters. The molecular formula is C13H18. The van der Waals surface area contributed by atoms with E-state index in [9.17, 15) is 0 Å². The molecule has 0 bridgehead atoms. The van der Waals surface area contributed by atoms with E-state index in [1.54, 1.807) is 16.7 Å². The minimum atomic E-state index is 0.786. The van der Waals surface area contributed by atoms with Gasteiger partial charge in [-0.2, -0.15) is 0 Å². The second-order valence-electron chi connectivity index (χ2n) is 4.46. The molecule has 1 aliphatic rings. The van der Waals surface area contributed by atoms with Gasteiger partial charge in [0.25, 0.3) is 0 Å². The fourth-order valence-electron chi connectivity index (χ4n) is 2.60. The molecule has 1 aromatic carbocycles. The second kappa shape index (κ2) is 2.87. The zero-order valence-corrected chi connectivity index (χ0v) is 9.07. The SMILES string of the molecule is Cc1cc2c(c(C)c1C)C(C)CC2. The highest BCUT2D eigenvalue weighted by Gasteiger charge is 2.21. The van der Waals surface area contributed by atoms with Crippen LogP contribution in [0.2, 0.25) is 0 Å². The molecule has 0 radical (unpaired) electrons. The van der Waals surface area contributed by atoms with Crippen molar-refractivity contribution in [2.45, 2.75) is 46.5 Å². The van der Waals surface area contributed by atoms with Crippen molar-refractivity contribution in [3.63, 3.8) is 0 Å². The maximum atomic E-state index is 2.39. The zero-order valence-electron chi connectivity index (χ0n) is 9.07. The average Bonchev–Trinajstić information content (AvgIpc) is 2.43. The molecule has 70 valence electrons. The quantitative estimate of drug-likeness (QED) is 0.563. The summed E-state index contributed by atoms with van der Waals surface area (Å²) in [6, 6.07) is 2.39. The van der Waals surface area contributed by atoms with Gasteiger partial charge in [-0.25, -0.2) is 0 Å². The van der Waals surface area contributed by atoms with E-state index in [0.29, 0.717) is 0 Å². The lowest BCUT2D eigenvalue weighted by molar-refractivity contribution is 0.743. The number of hydrogen-bond acceptors (Lipinski definition) is 0.